The molecule has 5 nitrogen and oxygen atoms in total. The van der Waals surface area contributed by atoms with Crippen molar-refractivity contribution in [1.82, 2.24) is 9.88 Å². The van der Waals surface area contributed by atoms with Crippen LogP contribution in [0.5, 0.6) is 0 Å². The minimum Gasteiger partial charge on any atom is -0.398 e. The first-order valence-corrected chi connectivity index (χ1v) is 8.05. The van der Waals surface area contributed by atoms with Crippen LogP contribution in [0.1, 0.15) is 48.9 Å². The number of amides is 1. The first kappa shape index (κ1) is 14.2. The Morgan fingerprint density at radius 1 is 1.00 bits per heavy atom. The zero-order valence-electron chi connectivity index (χ0n) is 12.6. The van der Waals surface area contributed by atoms with E-state index in [9.17, 15) is 4.79 Å². The van der Waals surface area contributed by atoms with Gasteiger partial charge in [-0.15, -0.1) is 0 Å². The smallest absolute Gasteiger partial charge is 0.257 e. The first-order valence-electron chi connectivity index (χ1n) is 8.05. The Hall–Kier alpha value is -1.78. The summed E-state index contributed by atoms with van der Waals surface area (Å²) in [7, 11) is 0. The average molecular weight is 288 g/mol. The Morgan fingerprint density at radius 3 is 2.24 bits per heavy atom. The molecule has 0 atom stereocenters. The summed E-state index contributed by atoms with van der Waals surface area (Å²) in [6, 6.07) is 1.86. The molecular weight excluding hydrogens is 264 g/mol. The van der Waals surface area contributed by atoms with Crippen molar-refractivity contribution in [2.75, 3.05) is 36.8 Å². The van der Waals surface area contributed by atoms with Gasteiger partial charge >= 0.3 is 0 Å². The van der Waals surface area contributed by atoms with Crippen LogP contribution >= 0.6 is 0 Å². The summed E-state index contributed by atoms with van der Waals surface area (Å²) < 4.78 is 0. The zero-order valence-corrected chi connectivity index (χ0v) is 12.6. The number of carbonyl (C=O) groups excluding carboxylic acids is 1. The monoisotopic (exact) mass is 288 g/mol. The maximum atomic E-state index is 12.5. The second-order valence-corrected chi connectivity index (χ2v) is 6.03. The van der Waals surface area contributed by atoms with Gasteiger partial charge in [0.1, 0.15) is 5.82 Å². The first-order chi connectivity index (χ1) is 10.3. The number of piperidine rings is 2. The molecule has 3 rings (SSSR count). The molecule has 0 saturated carbocycles. The standard InChI is InChI=1S/C16H24N4O/c17-14-11-15(19-7-3-1-4-8-19)18-12-13(14)16(21)20-9-5-2-6-10-20/h11-12H,1-10H2,(H2,17,18). The predicted molar refractivity (Wildman–Crippen MR) is 84.5 cm³/mol. The number of hydrogen-bond donors (Lipinski definition) is 1. The molecule has 0 unspecified atom stereocenters. The summed E-state index contributed by atoms with van der Waals surface area (Å²) in [6.07, 6.45) is 8.75. The number of rotatable bonds is 2. The largest absolute Gasteiger partial charge is 0.398 e. The fourth-order valence-electron chi connectivity index (χ4n) is 3.20. The molecule has 1 amide bonds. The van der Waals surface area contributed by atoms with Crippen LogP contribution in [0.25, 0.3) is 0 Å². The minimum atomic E-state index is 0.0323. The quantitative estimate of drug-likeness (QED) is 0.907. The summed E-state index contributed by atoms with van der Waals surface area (Å²) in [4.78, 5) is 21.1. The molecule has 3 heterocycles. The molecule has 21 heavy (non-hydrogen) atoms. The van der Waals surface area contributed by atoms with Crippen LogP contribution in [0.4, 0.5) is 11.5 Å². The predicted octanol–water partition coefficient (Wildman–Crippen LogP) is 2.28. The highest BCUT2D eigenvalue weighted by molar-refractivity contribution is 5.99. The van der Waals surface area contributed by atoms with Crippen LogP contribution in [-0.2, 0) is 0 Å². The second-order valence-electron chi connectivity index (χ2n) is 6.03. The SMILES string of the molecule is Nc1cc(N2CCCCC2)ncc1C(=O)N1CCCCC1. The molecule has 2 fully saturated rings. The number of nitrogen functional groups attached to an aromatic ring is 1. The minimum absolute atomic E-state index is 0.0323. The van der Waals surface area contributed by atoms with Crippen LogP contribution in [0.15, 0.2) is 12.3 Å². The topological polar surface area (TPSA) is 62.5 Å². The molecular formula is C16H24N4O. The number of nitrogens with two attached hydrogens (primary N) is 1. The Morgan fingerprint density at radius 2 is 1.62 bits per heavy atom. The molecule has 114 valence electrons. The molecule has 0 radical (unpaired) electrons. The number of anilines is 2. The van der Waals surface area contributed by atoms with Crippen molar-refractivity contribution in [1.29, 1.82) is 0 Å². The molecule has 1 aromatic heterocycles. The van der Waals surface area contributed by atoms with E-state index in [1.54, 1.807) is 6.20 Å². The number of carbonyl (C=O) groups is 1. The lowest BCUT2D eigenvalue weighted by Crippen LogP contribution is -2.36. The van der Waals surface area contributed by atoms with Crippen LogP contribution < -0.4 is 10.6 Å². The molecule has 0 bridgehead atoms. The van der Waals surface area contributed by atoms with E-state index in [0.29, 0.717) is 11.3 Å². The number of likely N-dealkylation sites (tertiary alicyclic amines) is 1. The molecule has 2 N–H and O–H groups in total. The van der Waals surface area contributed by atoms with Crippen molar-refractivity contribution in [3.63, 3.8) is 0 Å². The van der Waals surface area contributed by atoms with Crippen molar-refractivity contribution < 1.29 is 4.79 Å². The normalized spacial score (nSPS) is 19.6. The van der Waals surface area contributed by atoms with Gasteiger partial charge in [-0.2, -0.15) is 0 Å². The maximum absolute atomic E-state index is 12.5. The summed E-state index contributed by atoms with van der Waals surface area (Å²) in [6.45, 7) is 3.75. The lowest BCUT2D eigenvalue weighted by molar-refractivity contribution is 0.0725. The summed E-state index contributed by atoms with van der Waals surface area (Å²) >= 11 is 0. The molecule has 2 saturated heterocycles. The van der Waals surface area contributed by atoms with Gasteiger partial charge in [0.25, 0.3) is 5.91 Å². The Kier molecular flexibility index (Phi) is 4.27. The number of pyridine rings is 1. The van der Waals surface area contributed by atoms with E-state index < -0.39 is 0 Å². The number of hydrogen-bond acceptors (Lipinski definition) is 4. The Labute approximate surface area is 126 Å². The summed E-state index contributed by atoms with van der Waals surface area (Å²) in [5, 5.41) is 0. The Balaban J connectivity index is 1.75. The van der Waals surface area contributed by atoms with E-state index >= 15 is 0 Å². The van der Waals surface area contributed by atoms with E-state index in [1.807, 2.05) is 11.0 Å². The van der Waals surface area contributed by atoms with Crippen LogP contribution in [-0.4, -0.2) is 42.0 Å². The van der Waals surface area contributed by atoms with Gasteiger partial charge in [0.2, 0.25) is 0 Å². The van der Waals surface area contributed by atoms with Crippen molar-refractivity contribution in [3.05, 3.63) is 17.8 Å². The highest BCUT2D eigenvalue weighted by Crippen LogP contribution is 2.23. The summed E-state index contributed by atoms with van der Waals surface area (Å²) in [5.74, 6) is 0.937. The number of nitrogens with zero attached hydrogens (tertiary/aromatic N) is 3. The van der Waals surface area contributed by atoms with Crippen molar-refractivity contribution >= 4 is 17.4 Å². The Bertz CT molecular complexity index is 505. The molecule has 1 aromatic rings. The van der Waals surface area contributed by atoms with Crippen LogP contribution in [0.3, 0.4) is 0 Å². The van der Waals surface area contributed by atoms with Gasteiger partial charge in [-0.25, -0.2) is 4.98 Å². The lowest BCUT2D eigenvalue weighted by atomic mass is 10.1. The van der Waals surface area contributed by atoms with Crippen LogP contribution in [0, 0.1) is 0 Å². The molecule has 0 aromatic carbocycles. The van der Waals surface area contributed by atoms with Crippen LogP contribution in [0.2, 0.25) is 0 Å². The third kappa shape index (κ3) is 3.12. The molecule has 2 aliphatic rings. The summed E-state index contributed by atoms with van der Waals surface area (Å²) in [5.41, 5.74) is 7.23. The van der Waals surface area contributed by atoms with Gasteiger partial charge in [0.05, 0.1) is 5.56 Å². The van der Waals surface area contributed by atoms with Gasteiger partial charge in [0, 0.05) is 44.1 Å². The fourth-order valence-corrected chi connectivity index (χ4v) is 3.20. The van der Waals surface area contributed by atoms with E-state index in [2.05, 4.69) is 9.88 Å². The van der Waals surface area contributed by atoms with Crippen molar-refractivity contribution in [2.45, 2.75) is 38.5 Å². The highest BCUT2D eigenvalue weighted by atomic mass is 16.2. The third-order valence-corrected chi connectivity index (χ3v) is 4.48. The van der Waals surface area contributed by atoms with Gasteiger partial charge in [-0.05, 0) is 38.5 Å². The maximum Gasteiger partial charge on any atom is 0.257 e. The van der Waals surface area contributed by atoms with E-state index in [-0.39, 0.29) is 5.91 Å². The molecule has 0 spiro atoms. The van der Waals surface area contributed by atoms with Crippen molar-refractivity contribution in [2.24, 2.45) is 0 Å². The molecule has 2 aliphatic heterocycles. The molecule has 0 aliphatic carbocycles. The van der Waals surface area contributed by atoms with Crippen molar-refractivity contribution in [3.8, 4) is 0 Å². The second kappa shape index (κ2) is 6.33. The van der Waals surface area contributed by atoms with E-state index in [1.165, 1.54) is 25.7 Å². The van der Waals surface area contributed by atoms with E-state index in [0.717, 1.165) is 44.8 Å². The average Bonchev–Trinajstić information content (AvgIpc) is 2.56. The third-order valence-electron chi connectivity index (χ3n) is 4.48. The van der Waals surface area contributed by atoms with Gasteiger partial charge in [0.15, 0.2) is 0 Å². The van der Waals surface area contributed by atoms with E-state index in [4.69, 9.17) is 5.73 Å². The van der Waals surface area contributed by atoms with Gasteiger partial charge in [-0.1, -0.05) is 0 Å². The zero-order chi connectivity index (χ0) is 14.7. The van der Waals surface area contributed by atoms with Gasteiger partial charge < -0.3 is 15.5 Å². The lowest BCUT2D eigenvalue weighted by Gasteiger charge is -2.29. The van der Waals surface area contributed by atoms with Gasteiger partial charge in [-0.3, -0.25) is 4.79 Å². The highest BCUT2D eigenvalue weighted by Gasteiger charge is 2.21. The number of aromatic nitrogens is 1. The fraction of sp³-hybridized carbons (Fsp3) is 0.625. The molecule has 5 heteroatoms.